The lowest BCUT2D eigenvalue weighted by Crippen LogP contribution is -2.53. The van der Waals surface area contributed by atoms with Crippen LogP contribution < -0.4 is 17.2 Å². The lowest BCUT2D eigenvalue weighted by atomic mass is 10.0. The fourth-order valence-corrected chi connectivity index (χ4v) is 8.40. The zero-order valence-corrected chi connectivity index (χ0v) is 83.8. The summed E-state index contributed by atoms with van der Waals surface area (Å²) >= 11 is 0. The van der Waals surface area contributed by atoms with Gasteiger partial charge in [0.1, 0.15) is 75.8 Å². The molecule has 0 saturated heterocycles. The standard InChI is InChI=1S/C25H45NO11.2C25H47NO9.C7H12O2.C4H11NO3.2CH3B/c1-22(2,3)35-19(27)10-13-32-16-25(26(30)31,17-33-14-11-20(28)36-23(4,5)6)18-34-15-12-21(29)37-24(7,8)9;2*1-22(2,3)33-19(27)10-13-30-16-25(26,17-31-14-11-20(28)34-23(4,5)6)18-32-15-12-21(29)35-24(7,8)9;1-5-6(8)9-7(2,3)4;5-4(1-6,2-7)3-8;2*1-2/h10-18H2,1-9H3;2*10-18,26H2,1-9H3;5H,1H2,2-4H3;6-8H,1-3,5H2;2*1H3. The van der Waals surface area contributed by atoms with Gasteiger partial charge in [0, 0.05) is 11.0 Å². The van der Waals surface area contributed by atoms with E-state index in [1.165, 1.54) is 13.6 Å². The fraction of sp³-hybridized carbons (Fsp3) is 0.864. The van der Waals surface area contributed by atoms with Crippen LogP contribution in [0.4, 0.5) is 0 Å². The molecule has 0 aliphatic carbocycles. The van der Waals surface area contributed by atoms with Crippen LogP contribution in [-0.4, -0.2) is 313 Å². The summed E-state index contributed by atoms with van der Waals surface area (Å²) in [6.07, 6.45) is 1.33. The topological polar surface area (TPSA) is 528 Å². The normalized spacial score (nSPS) is 12.3. The van der Waals surface area contributed by atoms with Crippen LogP contribution >= 0.6 is 0 Å². The van der Waals surface area contributed by atoms with E-state index in [1.54, 1.807) is 187 Å². The zero-order valence-electron chi connectivity index (χ0n) is 83.8. The average Bonchev–Trinajstić information content (AvgIpc) is 0.864. The summed E-state index contributed by atoms with van der Waals surface area (Å²) in [6, 6.07) is 0. The minimum absolute atomic E-state index is 0.0364. The highest BCUT2D eigenvalue weighted by molar-refractivity contribution is 6.05. The Kier molecular flexibility index (Phi) is 70.0. The van der Waals surface area contributed by atoms with Crippen LogP contribution in [0.15, 0.2) is 12.7 Å². The molecule has 0 amide bonds. The molecule has 0 aliphatic rings. The first-order chi connectivity index (χ1) is 58.0. The third-order valence-electron chi connectivity index (χ3n) is 13.2. The predicted octanol–water partition coefficient (Wildman–Crippen LogP) is 8.69. The van der Waals surface area contributed by atoms with Gasteiger partial charge < -0.3 is 123 Å². The predicted molar refractivity (Wildman–Crippen MR) is 483 cm³/mol. The second kappa shape index (κ2) is 66.7. The van der Waals surface area contributed by atoms with Crippen molar-refractivity contribution < 1.29 is 158 Å². The number of aliphatic hydroxyl groups excluding tert-OH is 3. The molecular formula is C88H168B2N4O34. The molecule has 0 rings (SSSR count). The minimum Gasteiger partial charge on any atom is -0.460 e. The van der Waals surface area contributed by atoms with Gasteiger partial charge in [-0.25, -0.2) is 4.79 Å². The average molecular weight is 1850 g/mol. The maximum atomic E-state index is 12.1. The third kappa shape index (κ3) is 95.5. The summed E-state index contributed by atoms with van der Waals surface area (Å²) < 4.78 is 102. The van der Waals surface area contributed by atoms with E-state index in [2.05, 4.69) is 22.3 Å². The minimum atomic E-state index is -1.84. The highest BCUT2D eigenvalue weighted by Gasteiger charge is 2.45. The van der Waals surface area contributed by atoms with E-state index in [-0.39, 0.29) is 199 Å². The van der Waals surface area contributed by atoms with Crippen LogP contribution in [0.25, 0.3) is 0 Å². The van der Waals surface area contributed by atoms with E-state index in [9.17, 15) is 58.1 Å². The van der Waals surface area contributed by atoms with Gasteiger partial charge in [-0.1, -0.05) is 20.2 Å². The second-order valence-electron chi connectivity index (χ2n) is 39.3. The van der Waals surface area contributed by atoms with Gasteiger partial charge in [-0.15, -0.1) is 0 Å². The van der Waals surface area contributed by atoms with Gasteiger partial charge in [-0.3, -0.25) is 53.3 Å². The summed E-state index contributed by atoms with van der Waals surface area (Å²) in [7, 11) is 9.00. The van der Waals surface area contributed by atoms with Crippen LogP contribution in [0.2, 0.25) is 13.6 Å². The molecule has 0 aliphatic heterocycles. The van der Waals surface area contributed by atoms with Crippen molar-refractivity contribution >= 4 is 75.4 Å². The molecule has 9 N–H and O–H groups in total. The quantitative estimate of drug-likeness (QED) is 0.00630. The molecule has 0 bridgehead atoms. The van der Waals surface area contributed by atoms with Crippen LogP contribution in [-0.2, 0) is 138 Å². The molecule has 0 spiro atoms. The molecule has 0 fully saturated rings. The zero-order chi connectivity index (χ0) is 102. The Morgan fingerprint density at radius 3 is 0.477 bits per heavy atom. The van der Waals surface area contributed by atoms with E-state index in [1.807, 2.05) is 20.8 Å². The number of esters is 10. The smallest absolute Gasteiger partial charge is 0.330 e. The van der Waals surface area contributed by atoms with E-state index in [4.69, 9.17) is 123 Å². The van der Waals surface area contributed by atoms with E-state index in [0.717, 1.165) is 6.08 Å². The first-order valence-corrected chi connectivity index (χ1v) is 42.5. The molecule has 0 aromatic heterocycles. The molecule has 38 nitrogen and oxygen atoms in total. The molecule has 128 heavy (non-hydrogen) atoms. The number of ether oxygens (including phenoxy) is 19. The van der Waals surface area contributed by atoms with Gasteiger partial charge >= 0.3 is 59.7 Å². The molecule has 0 unspecified atom stereocenters. The summed E-state index contributed by atoms with van der Waals surface area (Å²) in [5.74, 6) is -4.11. The largest absolute Gasteiger partial charge is 0.460 e. The number of nitrogens with zero attached hydrogens (tertiary/aromatic N) is 1. The molecule has 0 aromatic rings. The maximum absolute atomic E-state index is 12.1. The Balaban J connectivity index is -0.000000307. The molecule has 0 aromatic carbocycles. The SMILES string of the molecule is C=CC(=O)OC(C)(C)C.CC(C)(C)OC(=O)CCOCC(COCCC(=O)OC(C)(C)C)(COCCC(=O)OC(C)(C)C)[N+](=O)[O-].CC(C)(C)OC(=O)CCOCC(N)(COCCC(=O)OC(C)(C)C)COCCC(=O)OC(C)(C)C.CC(C)(C)OC(=O)CCOCC(N)(COCCC(=O)OC(C)(C)C)COCCC(=O)OC(C)(C)C.NC(CO)(CO)CO.[B]C.[B]C. The summed E-state index contributed by atoms with van der Waals surface area (Å²) in [5.41, 5.74) is 7.04. The van der Waals surface area contributed by atoms with Crippen LogP contribution in [0.1, 0.15) is 265 Å². The molecule has 750 valence electrons. The molecule has 0 heterocycles. The number of aliphatic hydroxyl groups is 3. The number of rotatable bonds is 50. The van der Waals surface area contributed by atoms with Crippen molar-refractivity contribution in [2.24, 2.45) is 17.2 Å². The lowest BCUT2D eigenvalue weighted by molar-refractivity contribution is -0.583. The Morgan fingerprint density at radius 2 is 0.391 bits per heavy atom. The molecule has 4 radical (unpaired) electrons. The Hall–Kier alpha value is -6.63. The number of hydrogen-bond acceptors (Lipinski definition) is 37. The van der Waals surface area contributed by atoms with Gasteiger partial charge in [0.15, 0.2) is 0 Å². The van der Waals surface area contributed by atoms with Gasteiger partial charge in [0.2, 0.25) is 0 Å². The van der Waals surface area contributed by atoms with Gasteiger partial charge in [0.05, 0.1) is 209 Å². The first kappa shape index (κ1) is 134. The van der Waals surface area contributed by atoms with Crippen LogP contribution in [0.5, 0.6) is 0 Å². The summed E-state index contributed by atoms with van der Waals surface area (Å²) in [4.78, 5) is 129. The monoisotopic (exact) mass is 1850 g/mol. The van der Waals surface area contributed by atoms with E-state index in [0.29, 0.717) is 0 Å². The van der Waals surface area contributed by atoms with Crippen LogP contribution in [0.3, 0.4) is 0 Å². The van der Waals surface area contributed by atoms with E-state index < -0.39 is 141 Å². The summed E-state index contributed by atoms with van der Waals surface area (Å²) in [5, 5.41) is 37.1. The molecule has 0 saturated carbocycles. The van der Waals surface area contributed by atoms with Crippen molar-refractivity contribution in [1.82, 2.24) is 0 Å². The number of carbonyl (C=O) groups excluding carboxylic acids is 10. The highest BCUT2D eigenvalue weighted by atomic mass is 16.7. The van der Waals surface area contributed by atoms with Gasteiger partial charge in [-0.2, -0.15) is 0 Å². The van der Waals surface area contributed by atoms with Crippen molar-refractivity contribution in [2.45, 2.75) is 357 Å². The van der Waals surface area contributed by atoms with Gasteiger partial charge in [-0.05, 0) is 208 Å². The number of nitrogens with two attached hydrogens (primary N) is 3. The maximum Gasteiger partial charge on any atom is 0.330 e. The van der Waals surface area contributed by atoms with E-state index >= 15 is 0 Å². The Bertz CT molecular complexity index is 2700. The van der Waals surface area contributed by atoms with Crippen molar-refractivity contribution in [1.29, 1.82) is 0 Å². The first-order valence-electron chi connectivity index (χ1n) is 42.5. The lowest BCUT2D eigenvalue weighted by Gasteiger charge is -2.29. The fourth-order valence-electron chi connectivity index (χ4n) is 8.40. The number of hydrogen-bond donors (Lipinski definition) is 6. The Labute approximate surface area is 766 Å². The van der Waals surface area contributed by atoms with Crippen molar-refractivity contribution in [2.75, 3.05) is 139 Å². The Morgan fingerprint density at radius 1 is 0.266 bits per heavy atom. The number of carbonyl (C=O) groups is 10. The summed E-state index contributed by atoms with van der Waals surface area (Å²) in [6.45, 7) is 57.6. The molecule has 40 heteroatoms. The second-order valence-corrected chi connectivity index (χ2v) is 39.3. The molecular weight excluding hydrogens is 1680 g/mol. The number of nitro groups is 1. The third-order valence-corrected chi connectivity index (χ3v) is 13.2. The van der Waals surface area contributed by atoms with Crippen molar-refractivity contribution in [3.8, 4) is 0 Å². The molecule has 0 atom stereocenters. The van der Waals surface area contributed by atoms with Crippen LogP contribution in [0, 0.1) is 10.1 Å². The highest BCUT2D eigenvalue weighted by Crippen LogP contribution is 2.20. The van der Waals surface area contributed by atoms with Crippen molar-refractivity contribution in [3.63, 3.8) is 0 Å². The van der Waals surface area contributed by atoms with Crippen molar-refractivity contribution in [3.05, 3.63) is 22.8 Å². The van der Waals surface area contributed by atoms with Gasteiger partial charge in [0.25, 0.3) is 5.54 Å².